The van der Waals surface area contributed by atoms with Crippen molar-refractivity contribution in [3.63, 3.8) is 0 Å². The Bertz CT molecular complexity index is 632. The molecule has 1 aromatic carbocycles. The Hall–Kier alpha value is -2.11. The second-order valence-corrected chi connectivity index (χ2v) is 5.79. The van der Waals surface area contributed by atoms with Crippen LogP contribution in [0.2, 0.25) is 0 Å². The highest BCUT2D eigenvalue weighted by atomic mass is 16.3. The van der Waals surface area contributed by atoms with Crippen LogP contribution in [-0.2, 0) is 13.0 Å². The zero-order valence-corrected chi connectivity index (χ0v) is 14.0. The number of hydrogen-bond acceptors (Lipinski definition) is 4. The summed E-state index contributed by atoms with van der Waals surface area (Å²) in [7, 11) is 4.02. The van der Waals surface area contributed by atoms with Crippen LogP contribution in [0.3, 0.4) is 0 Å². The third kappa shape index (κ3) is 4.43. The molecule has 0 saturated carbocycles. The first-order chi connectivity index (χ1) is 11.0. The van der Waals surface area contributed by atoms with E-state index in [0.717, 1.165) is 6.42 Å². The SMILES string of the molecule is CCc1ccc(C(CNC(=O)c2coc(CN)c2)N(C)C)cc1. The lowest BCUT2D eigenvalue weighted by molar-refractivity contribution is 0.0941. The zero-order valence-electron chi connectivity index (χ0n) is 14.0. The van der Waals surface area contributed by atoms with Crippen molar-refractivity contribution >= 4 is 5.91 Å². The minimum Gasteiger partial charge on any atom is -0.467 e. The molecule has 2 aromatic rings. The summed E-state index contributed by atoms with van der Waals surface area (Å²) < 4.78 is 5.20. The summed E-state index contributed by atoms with van der Waals surface area (Å²) in [4.78, 5) is 14.3. The second kappa shape index (κ2) is 7.94. The van der Waals surface area contributed by atoms with Gasteiger partial charge in [0.05, 0.1) is 18.2 Å². The Labute approximate surface area is 137 Å². The Morgan fingerprint density at radius 2 is 2.00 bits per heavy atom. The van der Waals surface area contributed by atoms with Crippen molar-refractivity contribution in [3.05, 3.63) is 59.0 Å². The Kier molecular flexibility index (Phi) is 5.96. The monoisotopic (exact) mass is 315 g/mol. The summed E-state index contributed by atoms with van der Waals surface area (Å²) in [6.45, 7) is 2.96. The second-order valence-electron chi connectivity index (χ2n) is 5.79. The molecule has 3 N–H and O–H groups in total. The van der Waals surface area contributed by atoms with Gasteiger partial charge in [0.2, 0.25) is 0 Å². The number of likely N-dealkylation sites (N-methyl/N-ethyl adjacent to an activating group) is 1. The number of carbonyl (C=O) groups excluding carboxylic acids is 1. The lowest BCUT2D eigenvalue weighted by atomic mass is 10.0. The van der Waals surface area contributed by atoms with Crippen molar-refractivity contribution in [3.8, 4) is 0 Å². The van der Waals surface area contributed by atoms with Gasteiger partial charge in [0.25, 0.3) is 5.91 Å². The molecule has 5 heteroatoms. The minimum atomic E-state index is -0.148. The lowest BCUT2D eigenvalue weighted by Crippen LogP contribution is -2.34. The molecule has 0 spiro atoms. The Morgan fingerprint density at radius 3 is 2.52 bits per heavy atom. The van der Waals surface area contributed by atoms with E-state index >= 15 is 0 Å². The average molecular weight is 315 g/mol. The summed E-state index contributed by atoms with van der Waals surface area (Å²) in [5.74, 6) is 0.458. The first-order valence-corrected chi connectivity index (χ1v) is 7.86. The number of nitrogens with one attached hydrogen (secondary N) is 1. The van der Waals surface area contributed by atoms with Gasteiger partial charge in [-0.3, -0.25) is 4.79 Å². The number of aryl methyl sites for hydroxylation is 1. The number of nitrogens with zero attached hydrogens (tertiary/aromatic N) is 1. The van der Waals surface area contributed by atoms with Crippen LogP contribution in [-0.4, -0.2) is 31.4 Å². The maximum Gasteiger partial charge on any atom is 0.254 e. The highest BCUT2D eigenvalue weighted by molar-refractivity contribution is 5.94. The van der Waals surface area contributed by atoms with Crippen molar-refractivity contribution in [2.45, 2.75) is 25.9 Å². The highest BCUT2D eigenvalue weighted by Gasteiger charge is 2.17. The van der Waals surface area contributed by atoms with Crippen LogP contribution in [0.15, 0.2) is 41.0 Å². The van der Waals surface area contributed by atoms with Gasteiger partial charge in [-0.2, -0.15) is 0 Å². The predicted octanol–water partition coefficient (Wildman–Crippen LogP) is 2.33. The van der Waals surface area contributed by atoms with E-state index in [1.165, 1.54) is 17.4 Å². The van der Waals surface area contributed by atoms with Gasteiger partial charge in [-0.1, -0.05) is 31.2 Å². The molecule has 0 saturated heterocycles. The number of amides is 1. The summed E-state index contributed by atoms with van der Waals surface area (Å²) >= 11 is 0. The van der Waals surface area contributed by atoms with E-state index in [-0.39, 0.29) is 18.5 Å². The number of furan rings is 1. The normalized spacial score (nSPS) is 12.4. The summed E-state index contributed by atoms with van der Waals surface area (Å²) in [5.41, 5.74) is 8.49. The van der Waals surface area contributed by atoms with Gasteiger partial charge in [-0.15, -0.1) is 0 Å². The van der Waals surface area contributed by atoms with Crippen LogP contribution in [0.4, 0.5) is 0 Å². The third-order valence-corrected chi connectivity index (χ3v) is 3.97. The maximum atomic E-state index is 12.2. The van der Waals surface area contributed by atoms with Crippen LogP contribution in [0, 0.1) is 0 Å². The summed E-state index contributed by atoms with van der Waals surface area (Å²) in [6.07, 6.45) is 2.46. The molecule has 0 aliphatic rings. The van der Waals surface area contributed by atoms with Crippen molar-refractivity contribution in [2.24, 2.45) is 5.73 Å². The first kappa shape index (κ1) is 17.2. The van der Waals surface area contributed by atoms with Crippen LogP contribution in [0.5, 0.6) is 0 Å². The van der Waals surface area contributed by atoms with Gasteiger partial charge >= 0.3 is 0 Å². The fourth-order valence-corrected chi connectivity index (χ4v) is 2.47. The summed E-state index contributed by atoms with van der Waals surface area (Å²) in [6, 6.07) is 10.3. The fourth-order valence-electron chi connectivity index (χ4n) is 2.47. The molecule has 0 bridgehead atoms. The third-order valence-electron chi connectivity index (χ3n) is 3.97. The molecule has 1 amide bonds. The Morgan fingerprint density at radius 1 is 1.30 bits per heavy atom. The number of carbonyl (C=O) groups is 1. The molecular weight excluding hydrogens is 290 g/mol. The largest absolute Gasteiger partial charge is 0.467 e. The highest BCUT2D eigenvalue weighted by Crippen LogP contribution is 2.18. The first-order valence-electron chi connectivity index (χ1n) is 7.86. The molecule has 1 atom stereocenters. The lowest BCUT2D eigenvalue weighted by Gasteiger charge is -2.25. The van der Waals surface area contributed by atoms with Crippen molar-refractivity contribution in [1.29, 1.82) is 0 Å². The van der Waals surface area contributed by atoms with Gasteiger partial charge < -0.3 is 20.4 Å². The Balaban J connectivity index is 2.02. The standard InChI is InChI=1S/C18H25N3O2/c1-4-13-5-7-14(8-6-13)17(21(2)3)11-20-18(22)15-9-16(10-19)23-12-15/h5-9,12,17H,4,10-11,19H2,1-3H3,(H,20,22). The van der Waals surface area contributed by atoms with Gasteiger partial charge in [-0.25, -0.2) is 0 Å². The van der Waals surface area contributed by atoms with Gasteiger partial charge in [0, 0.05) is 6.54 Å². The molecule has 5 nitrogen and oxygen atoms in total. The van der Waals surface area contributed by atoms with E-state index < -0.39 is 0 Å². The van der Waals surface area contributed by atoms with Crippen molar-refractivity contribution in [2.75, 3.05) is 20.6 Å². The molecule has 2 rings (SSSR count). The van der Waals surface area contributed by atoms with Gasteiger partial charge in [-0.05, 0) is 37.7 Å². The molecule has 1 heterocycles. The molecule has 0 aliphatic heterocycles. The van der Waals surface area contributed by atoms with E-state index in [1.807, 2.05) is 14.1 Å². The van der Waals surface area contributed by atoms with Crippen molar-refractivity contribution < 1.29 is 9.21 Å². The van der Waals surface area contributed by atoms with Gasteiger partial charge in [0.15, 0.2) is 0 Å². The van der Waals surface area contributed by atoms with Crippen LogP contribution < -0.4 is 11.1 Å². The molecule has 1 unspecified atom stereocenters. The number of rotatable bonds is 7. The van der Waals surface area contributed by atoms with Crippen LogP contribution in [0.1, 0.15) is 40.2 Å². The van der Waals surface area contributed by atoms with E-state index in [2.05, 4.69) is 41.4 Å². The minimum absolute atomic E-state index is 0.116. The van der Waals surface area contributed by atoms with E-state index in [4.69, 9.17) is 10.2 Å². The quantitative estimate of drug-likeness (QED) is 0.822. The number of hydrogen-bond donors (Lipinski definition) is 2. The maximum absolute atomic E-state index is 12.2. The predicted molar refractivity (Wildman–Crippen MR) is 91.2 cm³/mol. The molecule has 0 aliphatic carbocycles. The number of nitrogens with two attached hydrogens (primary N) is 1. The average Bonchev–Trinajstić information content (AvgIpc) is 3.04. The number of benzene rings is 1. The molecule has 124 valence electrons. The zero-order chi connectivity index (χ0) is 16.8. The molecule has 1 aromatic heterocycles. The van der Waals surface area contributed by atoms with Crippen LogP contribution in [0.25, 0.3) is 0 Å². The molecular formula is C18H25N3O2. The molecule has 0 fully saturated rings. The van der Waals surface area contributed by atoms with Gasteiger partial charge in [0.1, 0.15) is 12.0 Å². The van der Waals surface area contributed by atoms with E-state index in [9.17, 15) is 4.79 Å². The summed E-state index contributed by atoms with van der Waals surface area (Å²) in [5, 5.41) is 2.96. The molecule has 23 heavy (non-hydrogen) atoms. The van der Waals surface area contributed by atoms with E-state index in [0.29, 0.717) is 17.9 Å². The topological polar surface area (TPSA) is 71.5 Å². The fraction of sp³-hybridized carbons (Fsp3) is 0.389. The van der Waals surface area contributed by atoms with Crippen molar-refractivity contribution in [1.82, 2.24) is 10.2 Å². The smallest absolute Gasteiger partial charge is 0.254 e. The molecule has 0 radical (unpaired) electrons. The van der Waals surface area contributed by atoms with Crippen LogP contribution >= 0.6 is 0 Å². The van der Waals surface area contributed by atoms with E-state index in [1.54, 1.807) is 6.07 Å².